The summed E-state index contributed by atoms with van der Waals surface area (Å²) in [4.78, 5) is 34.6. The second-order valence-electron chi connectivity index (χ2n) is 10.2. The van der Waals surface area contributed by atoms with Gasteiger partial charge in [-0.05, 0) is 0 Å². The number of nitrogens with two attached hydrogens (primary N) is 2. The van der Waals surface area contributed by atoms with E-state index < -0.39 is 77.7 Å². The van der Waals surface area contributed by atoms with Gasteiger partial charge in [0.1, 0.15) is 48.1 Å². The van der Waals surface area contributed by atoms with Gasteiger partial charge in [0.15, 0.2) is 47.7 Å². The highest BCUT2D eigenvalue weighted by Gasteiger charge is 2.54. The number of halogens is 2. The van der Waals surface area contributed by atoms with E-state index in [0.29, 0.717) is 0 Å². The van der Waals surface area contributed by atoms with Gasteiger partial charge in [0.25, 0.3) is 15.0 Å². The summed E-state index contributed by atoms with van der Waals surface area (Å²) < 4.78 is 93.7. The molecule has 7 heterocycles. The van der Waals surface area contributed by atoms with Crippen LogP contribution in [0.4, 0.5) is 20.4 Å². The fourth-order valence-electron chi connectivity index (χ4n) is 5.27. The van der Waals surface area contributed by atoms with Crippen molar-refractivity contribution in [3.63, 3.8) is 0 Å². The number of anilines is 2. The van der Waals surface area contributed by atoms with Crippen LogP contribution in [-0.2, 0) is 36.7 Å². The third kappa shape index (κ3) is 5.05. The van der Waals surface area contributed by atoms with Gasteiger partial charge in [0.05, 0.1) is 25.9 Å². The number of hydrogen-bond donors (Lipinski definition) is 3. The Labute approximate surface area is 245 Å². The van der Waals surface area contributed by atoms with Gasteiger partial charge in [-0.15, -0.1) is 0 Å². The molecule has 3 saturated heterocycles. The molecule has 0 spiro atoms. The van der Waals surface area contributed by atoms with Gasteiger partial charge in [-0.3, -0.25) is 22.7 Å². The Bertz CT molecular complexity index is 1840. The number of aromatic nitrogens is 8. The maximum Gasteiger partial charge on any atom is 0.472 e. The molecule has 4 aromatic rings. The summed E-state index contributed by atoms with van der Waals surface area (Å²) in [6, 6.07) is 0. The minimum absolute atomic E-state index is 0.0301. The molecule has 2 bridgehead atoms. The molecule has 5 N–H and O–H groups in total. The lowest BCUT2D eigenvalue weighted by Gasteiger charge is -2.26. The second kappa shape index (κ2) is 10.7. The maximum atomic E-state index is 15.9. The van der Waals surface area contributed by atoms with Crippen LogP contribution in [0.25, 0.3) is 22.3 Å². The van der Waals surface area contributed by atoms with Crippen LogP contribution < -0.4 is 11.5 Å². The van der Waals surface area contributed by atoms with Gasteiger partial charge >= 0.3 is 7.82 Å². The lowest BCUT2D eigenvalue weighted by molar-refractivity contribution is -0.0613. The Morgan fingerprint density at radius 1 is 0.795 bits per heavy atom. The highest BCUT2D eigenvalue weighted by Crippen LogP contribution is 2.54. The Balaban J connectivity index is 1.20. The molecule has 0 radical (unpaired) electrons. The van der Waals surface area contributed by atoms with E-state index >= 15 is 8.78 Å². The molecule has 3 aliphatic rings. The van der Waals surface area contributed by atoms with Crippen molar-refractivity contribution in [1.29, 1.82) is 0 Å². The quantitative estimate of drug-likeness (QED) is 0.189. The van der Waals surface area contributed by atoms with Gasteiger partial charge in [-0.1, -0.05) is 0 Å². The third-order valence-corrected chi connectivity index (χ3v) is 9.53. The van der Waals surface area contributed by atoms with Crippen molar-refractivity contribution in [2.24, 2.45) is 0 Å². The molecular formula is C20H23BF2N10O9P2. The van der Waals surface area contributed by atoms with Crippen LogP contribution in [0, 0.1) is 0 Å². The van der Waals surface area contributed by atoms with Crippen molar-refractivity contribution < 1.29 is 50.4 Å². The molecular weight excluding hydrogens is 635 g/mol. The van der Waals surface area contributed by atoms with Gasteiger partial charge in [-0.2, -0.15) is 0 Å². The normalized spacial score (nSPS) is 38.2. The molecule has 234 valence electrons. The zero-order valence-corrected chi connectivity index (χ0v) is 24.2. The number of hydrogen-bond acceptors (Lipinski definition) is 16. The van der Waals surface area contributed by atoms with E-state index in [9.17, 15) is 14.0 Å². The molecule has 3 aliphatic heterocycles. The van der Waals surface area contributed by atoms with Crippen LogP contribution in [0.1, 0.15) is 12.5 Å². The second-order valence-corrected chi connectivity index (χ2v) is 13.6. The summed E-state index contributed by atoms with van der Waals surface area (Å²) in [7, 11) is -8.19. The van der Waals surface area contributed by atoms with Crippen LogP contribution in [0.5, 0.6) is 0 Å². The SMILES string of the molecule is BP1(=O)OC[C@H]2O[C@@H](n3cnc4c(N)ncnc43)[C@H](F)[C@@H]2OP(=O)(O)OC[C@H]2O[C@@H](n3cnc4c(N)ncnc43)[C@H](O1)[C@@H]2F. The van der Waals surface area contributed by atoms with Crippen molar-refractivity contribution in [2.75, 3.05) is 24.7 Å². The first-order chi connectivity index (χ1) is 20.9. The molecule has 4 aromatic heterocycles. The Morgan fingerprint density at radius 2 is 1.36 bits per heavy atom. The van der Waals surface area contributed by atoms with Gasteiger partial charge < -0.3 is 34.9 Å². The predicted molar refractivity (Wildman–Crippen MR) is 145 cm³/mol. The number of rotatable bonds is 2. The standard InChI is InChI=1S/C20H23BF2N10O9P2/c21-43(34)37-2-8-13(10(23)19(40-8)32-5-30-11-15(24)26-3-28-17(11)32)42-44(35,36)38-1-7-9(22)14(41-43)20(39-7)33-6-31-12-16(25)27-4-29-18(12)33/h3-10,13-14,19-20H,1-2,21H2,(H,35,36)(H2,24,26,28)(H2,25,27,29)/t7-,8-,9-,10-,13-,14-,19-,20-,43?/m1/s1. The highest BCUT2D eigenvalue weighted by molar-refractivity contribution is 7.79. The van der Waals surface area contributed by atoms with Gasteiger partial charge in [0, 0.05) is 0 Å². The van der Waals surface area contributed by atoms with Crippen LogP contribution >= 0.6 is 15.3 Å². The van der Waals surface area contributed by atoms with E-state index in [1.165, 1.54) is 21.8 Å². The third-order valence-electron chi connectivity index (χ3n) is 7.30. The lowest BCUT2D eigenvalue weighted by Crippen LogP contribution is -2.34. The molecule has 0 aliphatic carbocycles. The molecule has 3 fully saturated rings. The largest absolute Gasteiger partial charge is 0.472 e. The minimum atomic E-state index is -5.09. The molecule has 7 rings (SSSR count). The van der Waals surface area contributed by atoms with Crippen molar-refractivity contribution >= 4 is 56.8 Å². The average molecular weight is 658 g/mol. The lowest BCUT2D eigenvalue weighted by atomic mass is 10.1. The number of phosphoric acid groups is 1. The number of nitrogen functional groups attached to an aromatic ring is 2. The monoisotopic (exact) mass is 658 g/mol. The molecule has 24 heteroatoms. The highest BCUT2D eigenvalue weighted by atomic mass is 31.2. The summed E-state index contributed by atoms with van der Waals surface area (Å²) >= 11 is 0. The summed E-state index contributed by atoms with van der Waals surface area (Å²) in [6.07, 6.45) is -8.68. The molecule has 19 nitrogen and oxygen atoms in total. The predicted octanol–water partition coefficient (Wildman–Crippen LogP) is -0.0396. The van der Waals surface area contributed by atoms with E-state index in [1.54, 1.807) is 0 Å². The number of phosphoric ester groups is 1. The van der Waals surface area contributed by atoms with Gasteiger partial charge in [-0.25, -0.2) is 43.2 Å². The maximum absolute atomic E-state index is 15.9. The smallest absolute Gasteiger partial charge is 0.382 e. The minimum Gasteiger partial charge on any atom is -0.382 e. The number of ether oxygens (including phenoxy) is 2. The number of imidazole rings is 2. The zero-order valence-electron chi connectivity index (χ0n) is 22.4. The van der Waals surface area contributed by atoms with Crippen LogP contribution in [0.3, 0.4) is 0 Å². The zero-order chi connectivity index (χ0) is 31.0. The van der Waals surface area contributed by atoms with Crippen molar-refractivity contribution in [2.45, 2.75) is 49.2 Å². The van der Waals surface area contributed by atoms with Crippen molar-refractivity contribution in [3.8, 4) is 0 Å². The van der Waals surface area contributed by atoms with E-state index in [1.807, 2.05) is 0 Å². The molecule has 0 amide bonds. The molecule has 0 saturated carbocycles. The van der Waals surface area contributed by atoms with E-state index in [4.69, 9.17) is 39.0 Å². The van der Waals surface area contributed by atoms with E-state index in [-0.39, 0.29) is 34.0 Å². The van der Waals surface area contributed by atoms with Crippen molar-refractivity contribution in [1.82, 2.24) is 39.0 Å². The first kappa shape index (κ1) is 29.5. The molecule has 2 unspecified atom stereocenters. The van der Waals surface area contributed by atoms with Crippen molar-refractivity contribution in [3.05, 3.63) is 25.3 Å². The first-order valence-corrected chi connectivity index (χ1v) is 16.4. The van der Waals surface area contributed by atoms with E-state index in [2.05, 4.69) is 29.9 Å². The van der Waals surface area contributed by atoms with Gasteiger partial charge in [0.2, 0.25) is 0 Å². The number of fused-ring (bicyclic) bond motifs is 5. The van der Waals surface area contributed by atoms with Crippen LogP contribution in [-0.4, -0.2) is 101 Å². The fraction of sp³-hybridized carbons (Fsp3) is 0.500. The number of alkyl halides is 2. The fourth-order valence-corrected chi connectivity index (χ4v) is 7.37. The Morgan fingerprint density at radius 3 is 2.00 bits per heavy atom. The number of nitrogens with zero attached hydrogens (tertiary/aromatic N) is 8. The average Bonchev–Trinajstić information content (AvgIpc) is 3.73. The molecule has 0 aromatic carbocycles. The Hall–Kier alpha value is -3.20. The summed E-state index contributed by atoms with van der Waals surface area (Å²) in [5.41, 5.74) is 12.3. The Kier molecular flexibility index (Phi) is 7.18. The van der Waals surface area contributed by atoms with E-state index in [0.717, 1.165) is 20.2 Å². The summed E-state index contributed by atoms with van der Waals surface area (Å²) in [6.45, 7) is -1.51. The van der Waals surface area contributed by atoms with Crippen LogP contribution in [0.15, 0.2) is 25.3 Å². The first-order valence-electron chi connectivity index (χ1n) is 12.9. The summed E-state index contributed by atoms with van der Waals surface area (Å²) in [5.74, 6) is 0.0728. The summed E-state index contributed by atoms with van der Waals surface area (Å²) in [5, 5.41) is 0. The topological polar surface area (TPSA) is 249 Å². The molecule has 44 heavy (non-hydrogen) atoms. The molecule has 10 atom stereocenters. The van der Waals surface area contributed by atoms with Crippen LogP contribution in [0.2, 0.25) is 0 Å².